The SMILES string of the molecule is O=C(NC(=O)c1c(F)cccc1F)Nc1ccc(OC(F)(F)C(O)(F)C(F)(F)F)c(Cl)c1. The molecule has 0 fully saturated rings. The molecule has 0 aliphatic rings. The highest BCUT2D eigenvalue weighted by Crippen LogP contribution is 2.45. The first-order chi connectivity index (χ1) is 14.6. The van der Waals surface area contributed by atoms with Crippen LogP contribution in [0, 0.1) is 11.6 Å². The van der Waals surface area contributed by atoms with Crippen molar-refractivity contribution in [1.82, 2.24) is 5.32 Å². The number of nitrogens with one attached hydrogen (secondary N) is 2. The van der Waals surface area contributed by atoms with Crippen molar-refractivity contribution in [2.45, 2.75) is 18.1 Å². The van der Waals surface area contributed by atoms with Gasteiger partial charge < -0.3 is 15.2 Å². The molecule has 174 valence electrons. The van der Waals surface area contributed by atoms with Crippen LogP contribution in [0.25, 0.3) is 0 Å². The summed E-state index contributed by atoms with van der Waals surface area (Å²) in [5, 5.41) is 11.1. The molecule has 3 N–H and O–H groups in total. The highest BCUT2D eigenvalue weighted by atomic mass is 35.5. The molecule has 0 bridgehead atoms. The number of ether oxygens (including phenoxy) is 1. The maximum atomic E-state index is 13.5. The Balaban J connectivity index is 2.12. The third-order valence-corrected chi connectivity index (χ3v) is 3.90. The lowest BCUT2D eigenvalue weighted by Crippen LogP contribution is -2.58. The molecule has 1 unspecified atom stereocenters. The number of halogens is 9. The van der Waals surface area contributed by atoms with Crippen LogP contribution in [0.1, 0.15) is 10.4 Å². The number of benzene rings is 2. The molecule has 1 atom stereocenters. The molecule has 0 heterocycles. The number of urea groups is 1. The van der Waals surface area contributed by atoms with E-state index in [-0.39, 0.29) is 5.69 Å². The van der Waals surface area contributed by atoms with Crippen LogP contribution in [0.4, 0.5) is 45.6 Å². The number of anilines is 1. The third-order valence-electron chi connectivity index (χ3n) is 3.61. The fraction of sp³-hybridized carbons (Fsp3) is 0.176. The lowest BCUT2D eigenvalue weighted by Gasteiger charge is -2.29. The Kier molecular flexibility index (Phi) is 6.90. The van der Waals surface area contributed by atoms with Crippen LogP contribution in [0.5, 0.6) is 5.75 Å². The van der Waals surface area contributed by atoms with Crippen LogP contribution >= 0.6 is 11.6 Å². The Bertz CT molecular complexity index is 1030. The summed E-state index contributed by atoms with van der Waals surface area (Å²) >= 11 is 5.54. The summed E-state index contributed by atoms with van der Waals surface area (Å²) in [5.41, 5.74) is -1.42. The normalized spacial score (nSPS) is 13.8. The van der Waals surface area contributed by atoms with E-state index in [2.05, 4.69) is 4.74 Å². The highest BCUT2D eigenvalue weighted by Gasteiger charge is 2.73. The van der Waals surface area contributed by atoms with E-state index in [9.17, 15) is 44.7 Å². The van der Waals surface area contributed by atoms with Gasteiger partial charge >= 0.3 is 24.2 Å². The van der Waals surface area contributed by atoms with Crippen molar-refractivity contribution in [3.8, 4) is 5.75 Å². The minimum atomic E-state index is -6.41. The average Bonchev–Trinajstić information content (AvgIpc) is 2.62. The molecule has 2 aromatic carbocycles. The first-order valence-corrected chi connectivity index (χ1v) is 8.35. The van der Waals surface area contributed by atoms with Crippen LogP contribution in [0.15, 0.2) is 36.4 Å². The van der Waals surface area contributed by atoms with E-state index in [1.165, 1.54) is 0 Å². The second kappa shape index (κ2) is 8.78. The van der Waals surface area contributed by atoms with Crippen molar-refractivity contribution in [2.75, 3.05) is 5.32 Å². The molecule has 32 heavy (non-hydrogen) atoms. The molecule has 0 saturated heterocycles. The van der Waals surface area contributed by atoms with Crippen molar-refractivity contribution in [2.24, 2.45) is 0 Å². The van der Waals surface area contributed by atoms with Crippen LogP contribution in [-0.4, -0.2) is 35.2 Å². The van der Waals surface area contributed by atoms with E-state index < -0.39 is 58.0 Å². The van der Waals surface area contributed by atoms with Crippen LogP contribution in [0.2, 0.25) is 5.02 Å². The lowest BCUT2D eigenvalue weighted by atomic mass is 10.2. The maximum absolute atomic E-state index is 13.5. The molecule has 0 spiro atoms. The van der Waals surface area contributed by atoms with Gasteiger partial charge in [-0.2, -0.15) is 26.3 Å². The number of alkyl halides is 6. The Hall–Kier alpha value is -3.13. The first-order valence-electron chi connectivity index (χ1n) is 7.97. The molecule has 2 rings (SSSR count). The van der Waals surface area contributed by atoms with Crippen LogP contribution < -0.4 is 15.4 Å². The molecule has 0 saturated carbocycles. The standard InChI is InChI=1S/C17H9ClF8N2O4/c18-8-6-7(4-5-11(8)32-17(25,26)15(21,31)16(22,23)24)27-14(30)28-13(29)12-9(19)2-1-3-10(12)20/h1-6,31H,(H2,27,28,29,30). The predicted molar refractivity (Wildman–Crippen MR) is 92.0 cm³/mol. The van der Waals surface area contributed by atoms with Crippen molar-refractivity contribution in [3.63, 3.8) is 0 Å². The van der Waals surface area contributed by atoms with Gasteiger partial charge in [-0.15, -0.1) is 0 Å². The minimum absolute atomic E-state index is 0.351. The lowest BCUT2D eigenvalue weighted by molar-refractivity contribution is -0.429. The molecular weight excluding hydrogens is 484 g/mol. The quantitative estimate of drug-likeness (QED) is 0.525. The van der Waals surface area contributed by atoms with Crippen molar-refractivity contribution in [1.29, 1.82) is 0 Å². The number of hydrogen-bond donors (Lipinski definition) is 3. The van der Waals surface area contributed by atoms with Gasteiger partial charge in [0.25, 0.3) is 5.91 Å². The Morgan fingerprint density at radius 1 is 0.969 bits per heavy atom. The summed E-state index contributed by atoms with van der Waals surface area (Å²) in [6.45, 7) is 0. The Labute approximate surface area is 177 Å². The smallest absolute Gasteiger partial charge is 0.426 e. The number of aliphatic hydroxyl groups is 1. The number of carbonyl (C=O) groups is 2. The summed E-state index contributed by atoms with van der Waals surface area (Å²) in [6, 6.07) is 2.97. The van der Waals surface area contributed by atoms with E-state index in [1.807, 2.05) is 5.32 Å². The minimum Gasteiger partial charge on any atom is -0.426 e. The van der Waals surface area contributed by atoms with Crippen molar-refractivity contribution in [3.05, 3.63) is 58.6 Å². The average molecular weight is 493 g/mol. The molecule has 3 amide bonds. The summed E-state index contributed by atoms with van der Waals surface area (Å²) in [7, 11) is 0. The van der Waals surface area contributed by atoms with Gasteiger partial charge in [0.15, 0.2) is 0 Å². The first kappa shape index (κ1) is 25.1. The van der Waals surface area contributed by atoms with Gasteiger partial charge in [-0.3, -0.25) is 10.1 Å². The number of rotatable bonds is 5. The molecule has 0 aliphatic carbocycles. The van der Waals surface area contributed by atoms with Gasteiger partial charge in [-0.1, -0.05) is 17.7 Å². The topological polar surface area (TPSA) is 87.7 Å². The fourth-order valence-electron chi connectivity index (χ4n) is 2.07. The molecule has 15 heteroatoms. The second-order valence-corrected chi connectivity index (χ2v) is 6.30. The van der Waals surface area contributed by atoms with Gasteiger partial charge in [-0.25, -0.2) is 13.6 Å². The number of amides is 3. The van der Waals surface area contributed by atoms with E-state index >= 15 is 0 Å². The van der Waals surface area contributed by atoms with E-state index in [4.69, 9.17) is 16.7 Å². The summed E-state index contributed by atoms with van der Waals surface area (Å²) in [4.78, 5) is 23.6. The summed E-state index contributed by atoms with van der Waals surface area (Å²) < 4.78 is 107. The monoisotopic (exact) mass is 492 g/mol. The van der Waals surface area contributed by atoms with E-state index in [0.717, 1.165) is 24.3 Å². The number of imide groups is 1. The van der Waals surface area contributed by atoms with Gasteiger partial charge in [0.2, 0.25) is 0 Å². The van der Waals surface area contributed by atoms with Crippen molar-refractivity contribution >= 4 is 29.2 Å². The van der Waals surface area contributed by atoms with Gasteiger partial charge in [0.1, 0.15) is 22.9 Å². The molecule has 0 aromatic heterocycles. The summed E-state index contributed by atoms with van der Waals surface area (Å²) in [5.74, 6) is -11.3. The Morgan fingerprint density at radius 2 is 1.53 bits per heavy atom. The van der Waals surface area contributed by atoms with Crippen molar-refractivity contribution < 1.29 is 54.6 Å². The van der Waals surface area contributed by atoms with E-state index in [1.54, 1.807) is 5.32 Å². The molecule has 0 radical (unpaired) electrons. The van der Waals surface area contributed by atoms with Gasteiger partial charge in [-0.05, 0) is 30.3 Å². The predicted octanol–water partition coefficient (Wildman–Crippen LogP) is 4.77. The largest absolute Gasteiger partial charge is 0.469 e. The third kappa shape index (κ3) is 5.19. The van der Waals surface area contributed by atoms with Gasteiger partial charge in [0, 0.05) is 5.69 Å². The maximum Gasteiger partial charge on any atom is 0.469 e. The second-order valence-electron chi connectivity index (χ2n) is 5.89. The van der Waals surface area contributed by atoms with Crippen LogP contribution in [-0.2, 0) is 0 Å². The zero-order valence-corrected chi connectivity index (χ0v) is 15.8. The Morgan fingerprint density at radius 3 is 2.03 bits per heavy atom. The summed E-state index contributed by atoms with van der Waals surface area (Å²) in [6.07, 6.45) is -12.2. The van der Waals surface area contributed by atoms with Crippen LogP contribution in [0.3, 0.4) is 0 Å². The highest BCUT2D eigenvalue weighted by molar-refractivity contribution is 6.32. The molecule has 2 aromatic rings. The molecule has 6 nitrogen and oxygen atoms in total. The number of carbonyl (C=O) groups excluding carboxylic acids is 2. The molecule has 0 aliphatic heterocycles. The van der Waals surface area contributed by atoms with E-state index in [0.29, 0.717) is 12.1 Å². The van der Waals surface area contributed by atoms with Gasteiger partial charge in [0.05, 0.1) is 5.02 Å². The zero-order chi connectivity index (χ0) is 24.5. The number of hydrogen-bond acceptors (Lipinski definition) is 4. The fourth-order valence-corrected chi connectivity index (χ4v) is 2.29. The zero-order valence-electron chi connectivity index (χ0n) is 15.0. The molecular formula is C17H9ClF8N2O4.